The summed E-state index contributed by atoms with van der Waals surface area (Å²) in [4.78, 5) is 15.3. The van der Waals surface area contributed by atoms with E-state index >= 15 is 0 Å². The Kier molecular flexibility index (Phi) is 10.3. The number of unbranched alkanes of at least 4 members (excludes halogenated alkanes) is 1. The van der Waals surface area contributed by atoms with E-state index in [2.05, 4.69) is 67.9 Å². The summed E-state index contributed by atoms with van der Waals surface area (Å²) < 4.78 is 5.95. The molecule has 1 saturated heterocycles. The smallest absolute Gasteiger partial charge is 0.220 e. The zero-order valence-electron chi connectivity index (χ0n) is 24.3. The molecular formula is C34H48N2O3. The molecule has 0 aliphatic carbocycles. The normalized spacial score (nSPS) is 17.5. The lowest BCUT2D eigenvalue weighted by molar-refractivity contribution is -0.123. The van der Waals surface area contributed by atoms with E-state index in [0.29, 0.717) is 13.0 Å². The topological polar surface area (TPSA) is 61.8 Å². The number of carbonyl (C=O) groups is 1. The zero-order chi connectivity index (χ0) is 27.8. The van der Waals surface area contributed by atoms with Crippen LogP contribution in [0.4, 0.5) is 0 Å². The number of aliphatic hydroxyl groups is 1. The number of amides is 1. The standard InChI is InChI=1S/C34H48N2O3/c1-25(26-16-18-29(19-17-26)34(2,3)4)11-5-6-13-32(37)35-30(24-36-20-8-9-21-36)33(38)28-15-14-27-12-7-10-22-39-31(27)23-28/h14-19,23,30,33,38H,1,5-13,20-22,24H2,2-4H3,(H,35,37)/t30-,33-/m1/s1. The van der Waals surface area contributed by atoms with Crippen LogP contribution in [-0.2, 0) is 16.6 Å². The van der Waals surface area contributed by atoms with Crippen molar-refractivity contribution in [3.63, 3.8) is 0 Å². The maximum absolute atomic E-state index is 13.0. The number of allylic oxidation sites excluding steroid dienone is 1. The third kappa shape index (κ3) is 8.43. The van der Waals surface area contributed by atoms with Crippen LogP contribution in [0.5, 0.6) is 5.75 Å². The van der Waals surface area contributed by atoms with Gasteiger partial charge < -0.3 is 20.1 Å². The molecule has 212 valence electrons. The number of benzene rings is 2. The van der Waals surface area contributed by atoms with Gasteiger partial charge in [0.1, 0.15) is 11.9 Å². The van der Waals surface area contributed by atoms with Crippen LogP contribution in [0.1, 0.15) is 100 Å². The molecular weight excluding hydrogens is 484 g/mol. The highest BCUT2D eigenvalue weighted by molar-refractivity contribution is 5.76. The first-order valence-corrected chi connectivity index (χ1v) is 14.9. The Labute approximate surface area is 235 Å². The summed E-state index contributed by atoms with van der Waals surface area (Å²) in [5.74, 6) is 0.882. The monoisotopic (exact) mass is 532 g/mol. The number of aryl methyl sites for hydroxylation is 1. The van der Waals surface area contributed by atoms with Crippen LogP contribution in [0.25, 0.3) is 5.57 Å². The summed E-state index contributed by atoms with van der Waals surface area (Å²) in [5, 5.41) is 14.6. The van der Waals surface area contributed by atoms with E-state index in [4.69, 9.17) is 4.74 Å². The molecule has 1 fully saturated rings. The predicted octanol–water partition coefficient (Wildman–Crippen LogP) is 6.59. The van der Waals surface area contributed by atoms with Crippen LogP contribution in [-0.4, -0.2) is 48.2 Å². The molecule has 5 nitrogen and oxygen atoms in total. The first-order chi connectivity index (χ1) is 18.7. The Hall–Kier alpha value is -2.63. The van der Waals surface area contributed by atoms with Crippen molar-refractivity contribution in [2.75, 3.05) is 26.2 Å². The van der Waals surface area contributed by atoms with Gasteiger partial charge in [0.05, 0.1) is 12.6 Å². The molecule has 2 aliphatic rings. The van der Waals surface area contributed by atoms with Crippen molar-refractivity contribution in [1.82, 2.24) is 10.2 Å². The number of ether oxygens (including phenoxy) is 1. The molecule has 2 heterocycles. The van der Waals surface area contributed by atoms with Crippen LogP contribution < -0.4 is 10.1 Å². The second-order valence-electron chi connectivity index (χ2n) is 12.4. The predicted molar refractivity (Wildman–Crippen MR) is 160 cm³/mol. The summed E-state index contributed by atoms with van der Waals surface area (Å²) in [5.41, 5.74) is 5.76. The van der Waals surface area contributed by atoms with Crippen molar-refractivity contribution in [3.8, 4) is 5.75 Å². The second kappa shape index (κ2) is 13.6. The maximum atomic E-state index is 13.0. The first-order valence-electron chi connectivity index (χ1n) is 14.9. The van der Waals surface area contributed by atoms with Gasteiger partial charge in [0, 0.05) is 13.0 Å². The fraction of sp³-hybridized carbons (Fsp3) is 0.559. The average molecular weight is 533 g/mol. The molecule has 0 saturated carbocycles. The van der Waals surface area contributed by atoms with Gasteiger partial charge in [0.2, 0.25) is 5.91 Å². The molecule has 2 aromatic carbocycles. The number of hydrogen-bond donors (Lipinski definition) is 2. The molecule has 0 bridgehead atoms. The van der Waals surface area contributed by atoms with E-state index in [1.54, 1.807) is 0 Å². The number of nitrogens with one attached hydrogen (secondary N) is 1. The van der Waals surface area contributed by atoms with Crippen molar-refractivity contribution < 1.29 is 14.6 Å². The zero-order valence-corrected chi connectivity index (χ0v) is 24.3. The van der Waals surface area contributed by atoms with E-state index in [1.807, 2.05) is 12.1 Å². The van der Waals surface area contributed by atoms with Gasteiger partial charge in [0.25, 0.3) is 0 Å². The number of aliphatic hydroxyl groups excluding tert-OH is 1. The number of nitrogens with zero attached hydrogens (tertiary/aromatic N) is 1. The summed E-state index contributed by atoms with van der Waals surface area (Å²) >= 11 is 0. The molecule has 0 radical (unpaired) electrons. The van der Waals surface area contributed by atoms with Gasteiger partial charge in [0.15, 0.2) is 0 Å². The van der Waals surface area contributed by atoms with E-state index in [9.17, 15) is 9.90 Å². The molecule has 2 N–H and O–H groups in total. The first kappa shape index (κ1) is 29.4. The lowest BCUT2D eigenvalue weighted by atomic mass is 9.86. The van der Waals surface area contributed by atoms with Gasteiger partial charge in [-0.3, -0.25) is 4.79 Å². The molecule has 2 aliphatic heterocycles. The van der Waals surface area contributed by atoms with Crippen molar-refractivity contribution in [2.24, 2.45) is 0 Å². The number of rotatable bonds is 11. The van der Waals surface area contributed by atoms with E-state index in [1.165, 1.54) is 29.5 Å². The van der Waals surface area contributed by atoms with Gasteiger partial charge in [-0.2, -0.15) is 0 Å². The fourth-order valence-corrected chi connectivity index (χ4v) is 5.65. The highest BCUT2D eigenvalue weighted by Crippen LogP contribution is 2.30. The van der Waals surface area contributed by atoms with E-state index in [0.717, 1.165) is 75.1 Å². The quantitative estimate of drug-likeness (QED) is 0.321. The molecule has 39 heavy (non-hydrogen) atoms. The van der Waals surface area contributed by atoms with Crippen LogP contribution in [0.15, 0.2) is 49.0 Å². The minimum absolute atomic E-state index is 0.00407. The van der Waals surface area contributed by atoms with Crippen molar-refractivity contribution >= 4 is 11.5 Å². The third-order valence-electron chi connectivity index (χ3n) is 8.20. The highest BCUT2D eigenvalue weighted by atomic mass is 16.5. The van der Waals surface area contributed by atoms with E-state index < -0.39 is 6.10 Å². The molecule has 2 atom stereocenters. The molecule has 0 aromatic heterocycles. The van der Waals surface area contributed by atoms with Crippen LogP contribution >= 0.6 is 0 Å². The van der Waals surface area contributed by atoms with Gasteiger partial charge in [-0.05, 0) is 104 Å². The highest BCUT2D eigenvalue weighted by Gasteiger charge is 2.27. The summed E-state index contributed by atoms with van der Waals surface area (Å²) in [6.45, 7) is 14.4. The Bertz CT molecular complexity index is 1100. The van der Waals surface area contributed by atoms with Crippen molar-refractivity contribution in [2.45, 2.75) is 96.1 Å². The Morgan fingerprint density at radius 2 is 1.74 bits per heavy atom. The van der Waals surface area contributed by atoms with Crippen LogP contribution in [0, 0.1) is 0 Å². The molecule has 5 heteroatoms. The summed E-state index contributed by atoms with van der Waals surface area (Å²) in [6, 6.07) is 14.4. The summed E-state index contributed by atoms with van der Waals surface area (Å²) in [6.07, 6.45) is 7.79. The van der Waals surface area contributed by atoms with Crippen LogP contribution in [0.3, 0.4) is 0 Å². The van der Waals surface area contributed by atoms with Crippen molar-refractivity contribution in [3.05, 3.63) is 71.3 Å². The number of likely N-dealkylation sites (tertiary alicyclic amines) is 1. The number of carbonyl (C=O) groups excluding carboxylic acids is 1. The molecule has 2 aromatic rings. The molecule has 0 spiro atoms. The second-order valence-corrected chi connectivity index (χ2v) is 12.4. The minimum atomic E-state index is -0.775. The number of fused-ring (bicyclic) bond motifs is 1. The van der Waals surface area contributed by atoms with E-state index in [-0.39, 0.29) is 17.4 Å². The van der Waals surface area contributed by atoms with Crippen molar-refractivity contribution in [1.29, 1.82) is 0 Å². The Morgan fingerprint density at radius 1 is 1.03 bits per heavy atom. The van der Waals surface area contributed by atoms with Crippen LogP contribution in [0.2, 0.25) is 0 Å². The van der Waals surface area contributed by atoms with Gasteiger partial charge in [-0.15, -0.1) is 0 Å². The Balaban J connectivity index is 1.30. The van der Waals surface area contributed by atoms with Gasteiger partial charge >= 0.3 is 0 Å². The minimum Gasteiger partial charge on any atom is -0.493 e. The molecule has 4 rings (SSSR count). The average Bonchev–Trinajstić information content (AvgIpc) is 3.32. The maximum Gasteiger partial charge on any atom is 0.220 e. The summed E-state index contributed by atoms with van der Waals surface area (Å²) in [7, 11) is 0. The molecule has 0 unspecified atom stereocenters. The lowest BCUT2D eigenvalue weighted by Gasteiger charge is -2.29. The number of hydrogen-bond acceptors (Lipinski definition) is 4. The molecule has 1 amide bonds. The van der Waals surface area contributed by atoms with Gasteiger partial charge in [-0.25, -0.2) is 0 Å². The van der Waals surface area contributed by atoms with Gasteiger partial charge in [-0.1, -0.05) is 63.7 Å². The fourth-order valence-electron chi connectivity index (χ4n) is 5.65. The third-order valence-corrected chi connectivity index (χ3v) is 8.20. The lowest BCUT2D eigenvalue weighted by Crippen LogP contribution is -2.46. The SMILES string of the molecule is C=C(CCCCC(=O)N[C@H](CN1CCCC1)[C@H](O)c1ccc2c(c1)OCCCC2)c1ccc(C(C)(C)C)cc1. The largest absolute Gasteiger partial charge is 0.493 e. The Morgan fingerprint density at radius 3 is 2.46 bits per heavy atom.